The van der Waals surface area contributed by atoms with E-state index in [2.05, 4.69) is 15.8 Å². The molecule has 0 aliphatic rings. The minimum atomic E-state index is -0.825. The van der Waals surface area contributed by atoms with Crippen molar-refractivity contribution in [3.05, 3.63) is 58.6 Å². The molecule has 182 valence electrons. The number of esters is 1. The summed E-state index contributed by atoms with van der Waals surface area (Å²) in [7, 11) is 1.46. The molecule has 0 saturated carbocycles. The van der Waals surface area contributed by atoms with E-state index in [1.807, 2.05) is 0 Å². The van der Waals surface area contributed by atoms with E-state index in [0.29, 0.717) is 22.1 Å². The van der Waals surface area contributed by atoms with Gasteiger partial charge in [-0.1, -0.05) is 37.6 Å². The Morgan fingerprint density at radius 1 is 1.12 bits per heavy atom. The maximum Gasteiger partial charge on any atom is 0.344 e. The number of hydrazone groups is 1. The minimum absolute atomic E-state index is 0.197. The summed E-state index contributed by atoms with van der Waals surface area (Å²) in [6, 6.07) is 10.7. The molecule has 0 bridgehead atoms. The molecule has 1 unspecified atom stereocenters. The largest absolute Gasteiger partial charge is 0.493 e. The number of methoxy groups -OCH3 is 1. The fourth-order valence-corrected chi connectivity index (χ4v) is 3.08. The molecule has 1 atom stereocenters. The lowest BCUT2D eigenvalue weighted by molar-refractivity contribution is -0.145. The number of nitrogens with one attached hydrogen (secondary N) is 2. The Kier molecular flexibility index (Phi) is 10.3. The number of amides is 2. The SMILES string of the molecule is CCOC(=O)COc1ccc(C=NNC(=O)C(NC(=O)c2ccccc2Cl)C(C)C)cc1OC. The van der Waals surface area contributed by atoms with Gasteiger partial charge in [0.05, 0.1) is 30.5 Å². The summed E-state index contributed by atoms with van der Waals surface area (Å²) in [4.78, 5) is 36.7. The van der Waals surface area contributed by atoms with Gasteiger partial charge < -0.3 is 19.5 Å². The number of carbonyl (C=O) groups is 3. The average molecular weight is 490 g/mol. The van der Waals surface area contributed by atoms with Crippen LogP contribution in [0.4, 0.5) is 0 Å². The van der Waals surface area contributed by atoms with Crippen molar-refractivity contribution in [1.82, 2.24) is 10.7 Å². The fraction of sp³-hybridized carbons (Fsp3) is 0.333. The van der Waals surface area contributed by atoms with Crippen molar-refractivity contribution in [1.29, 1.82) is 0 Å². The van der Waals surface area contributed by atoms with E-state index in [1.165, 1.54) is 13.3 Å². The second-order valence-corrected chi connectivity index (χ2v) is 7.82. The van der Waals surface area contributed by atoms with Crippen molar-refractivity contribution >= 4 is 35.6 Å². The third kappa shape index (κ3) is 7.77. The number of ether oxygens (including phenoxy) is 3. The van der Waals surface area contributed by atoms with Crippen molar-refractivity contribution in [3.8, 4) is 11.5 Å². The maximum absolute atomic E-state index is 12.6. The molecular formula is C24H28ClN3O6. The molecule has 2 aromatic carbocycles. The van der Waals surface area contributed by atoms with Gasteiger partial charge in [-0.15, -0.1) is 0 Å². The second-order valence-electron chi connectivity index (χ2n) is 7.41. The smallest absolute Gasteiger partial charge is 0.344 e. The summed E-state index contributed by atoms with van der Waals surface area (Å²) in [5.74, 6) is -0.873. The summed E-state index contributed by atoms with van der Waals surface area (Å²) in [6.07, 6.45) is 1.42. The van der Waals surface area contributed by atoms with Crippen LogP contribution in [0.25, 0.3) is 0 Å². The highest BCUT2D eigenvalue weighted by molar-refractivity contribution is 6.33. The first-order valence-electron chi connectivity index (χ1n) is 10.6. The first kappa shape index (κ1) is 26.7. The number of hydrogen-bond donors (Lipinski definition) is 2. The van der Waals surface area contributed by atoms with Gasteiger partial charge in [0.2, 0.25) is 0 Å². The topological polar surface area (TPSA) is 115 Å². The number of benzene rings is 2. The Labute approximate surface area is 203 Å². The third-order valence-corrected chi connectivity index (χ3v) is 4.91. The van der Waals surface area contributed by atoms with E-state index in [9.17, 15) is 14.4 Å². The highest BCUT2D eigenvalue weighted by Crippen LogP contribution is 2.27. The highest BCUT2D eigenvalue weighted by atomic mass is 35.5. The molecule has 2 amide bonds. The number of rotatable bonds is 11. The molecule has 0 heterocycles. The molecular weight excluding hydrogens is 462 g/mol. The van der Waals surface area contributed by atoms with Crippen molar-refractivity contribution in [2.45, 2.75) is 26.8 Å². The van der Waals surface area contributed by atoms with Crippen LogP contribution in [0.15, 0.2) is 47.6 Å². The number of halogens is 1. The zero-order valence-corrected chi connectivity index (χ0v) is 20.2. The molecule has 0 aliphatic carbocycles. The Hall–Kier alpha value is -3.59. The van der Waals surface area contributed by atoms with Crippen LogP contribution < -0.4 is 20.2 Å². The van der Waals surface area contributed by atoms with Crippen molar-refractivity contribution in [2.75, 3.05) is 20.3 Å². The molecule has 10 heteroatoms. The Balaban J connectivity index is 2.01. The van der Waals surface area contributed by atoms with Gasteiger partial charge in [-0.25, -0.2) is 10.2 Å². The van der Waals surface area contributed by atoms with Gasteiger partial charge in [-0.2, -0.15) is 5.10 Å². The minimum Gasteiger partial charge on any atom is -0.493 e. The number of hydrogen-bond acceptors (Lipinski definition) is 7. The standard InChI is InChI=1S/C24H28ClN3O6/c1-5-33-21(29)14-34-19-11-10-16(12-20(19)32-4)13-26-28-24(31)22(15(2)3)27-23(30)17-8-6-7-9-18(17)25/h6-13,15,22H,5,14H2,1-4H3,(H,27,30)(H,28,31). The first-order valence-corrected chi connectivity index (χ1v) is 11.0. The predicted octanol–water partition coefficient (Wildman–Crippen LogP) is 3.20. The normalized spacial score (nSPS) is 11.7. The van der Waals surface area contributed by atoms with E-state index in [1.54, 1.807) is 63.2 Å². The van der Waals surface area contributed by atoms with Crippen LogP contribution in [0.3, 0.4) is 0 Å². The van der Waals surface area contributed by atoms with Crippen LogP contribution in [0.2, 0.25) is 5.02 Å². The maximum atomic E-state index is 12.6. The molecule has 9 nitrogen and oxygen atoms in total. The molecule has 0 aliphatic heterocycles. The molecule has 2 N–H and O–H groups in total. The van der Waals surface area contributed by atoms with E-state index in [-0.39, 0.29) is 24.7 Å². The van der Waals surface area contributed by atoms with Crippen molar-refractivity contribution in [3.63, 3.8) is 0 Å². The van der Waals surface area contributed by atoms with E-state index < -0.39 is 23.8 Å². The van der Waals surface area contributed by atoms with Gasteiger partial charge in [-0.05, 0) is 48.7 Å². The van der Waals surface area contributed by atoms with Gasteiger partial charge >= 0.3 is 5.97 Å². The van der Waals surface area contributed by atoms with E-state index in [0.717, 1.165) is 0 Å². The predicted molar refractivity (Wildman–Crippen MR) is 128 cm³/mol. The lowest BCUT2D eigenvalue weighted by Gasteiger charge is -2.20. The lowest BCUT2D eigenvalue weighted by Crippen LogP contribution is -2.48. The number of nitrogens with zero attached hydrogens (tertiary/aromatic N) is 1. The Morgan fingerprint density at radius 3 is 2.50 bits per heavy atom. The average Bonchev–Trinajstić information content (AvgIpc) is 2.81. The summed E-state index contributed by atoms with van der Waals surface area (Å²) < 4.78 is 15.5. The second kappa shape index (κ2) is 13.2. The molecule has 0 fully saturated rings. The van der Waals surface area contributed by atoms with Crippen LogP contribution in [0.5, 0.6) is 11.5 Å². The van der Waals surface area contributed by atoms with Crippen molar-refractivity contribution in [2.24, 2.45) is 11.0 Å². The first-order chi connectivity index (χ1) is 16.3. The molecule has 0 radical (unpaired) electrons. The van der Waals surface area contributed by atoms with Crippen LogP contribution in [-0.4, -0.2) is 50.4 Å². The van der Waals surface area contributed by atoms with Gasteiger partial charge in [0.15, 0.2) is 18.1 Å². The molecule has 0 spiro atoms. The van der Waals surface area contributed by atoms with Gasteiger partial charge in [0, 0.05) is 0 Å². The zero-order chi connectivity index (χ0) is 25.1. The fourth-order valence-electron chi connectivity index (χ4n) is 2.86. The van der Waals surface area contributed by atoms with Gasteiger partial charge in [-0.3, -0.25) is 9.59 Å². The molecule has 0 aromatic heterocycles. The highest BCUT2D eigenvalue weighted by Gasteiger charge is 2.25. The quantitative estimate of drug-likeness (QED) is 0.284. The summed E-state index contributed by atoms with van der Waals surface area (Å²) in [5, 5.41) is 6.97. The zero-order valence-electron chi connectivity index (χ0n) is 19.5. The Bertz CT molecular complexity index is 1040. The molecule has 34 heavy (non-hydrogen) atoms. The molecule has 0 saturated heterocycles. The summed E-state index contributed by atoms with van der Waals surface area (Å²) in [5.41, 5.74) is 3.33. The number of carbonyl (C=O) groups excluding carboxylic acids is 3. The van der Waals surface area contributed by atoms with Crippen LogP contribution in [0.1, 0.15) is 36.7 Å². The van der Waals surface area contributed by atoms with Crippen LogP contribution >= 0.6 is 11.6 Å². The van der Waals surface area contributed by atoms with E-state index >= 15 is 0 Å². The van der Waals surface area contributed by atoms with Crippen molar-refractivity contribution < 1.29 is 28.6 Å². The van der Waals surface area contributed by atoms with Crippen LogP contribution in [0, 0.1) is 5.92 Å². The molecule has 2 rings (SSSR count). The van der Waals surface area contributed by atoms with E-state index in [4.69, 9.17) is 25.8 Å². The monoisotopic (exact) mass is 489 g/mol. The summed E-state index contributed by atoms with van der Waals surface area (Å²) in [6.45, 7) is 5.34. The van der Waals surface area contributed by atoms with Gasteiger partial charge in [0.25, 0.3) is 11.8 Å². The lowest BCUT2D eigenvalue weighted by atomic mass is 10.0. The van der Waals surface area contributed by atoms with Crippen LogP contribution in [-0.2, 0) is 14.3 Å². The van der Waals surface area contributed by atoms with Gasteiger partial charge in [0.1, 0.15) is 6.04 Å². The third-order valence-electron chi connectivity index (χ3n) is 4.58. The Morgan fingerprint density at radius 2 is 1.85 bits per heavy atom. The summed E-state index contributed by atoms with van der Waals surface area (Å²) >= 11 is 6.07. The molecule has 2 aromatic rings.